The van der Waals surface area contributed by atoms with E-state index in [4.69, 9.17) is 4.74 Å². The van der Waals surface area contributed by atoms with Crippen molar-refractivity contribution in [3.05, 3.63) is 47.9 Å². The quantitative estimate of drug-likeness (QED) is 0.902. The van der Waals surface area contributed by atoms with Crippen LogP contribution >= 0.6 is 0 Å². The van der Waals surface area contributed by atoms with Crippen LogP contribution in [0.4, 0.5) is 15.9 Å². The van der Waals surface area contributed by atoms with Crippen LogP contribution < -0.4 is 10.6 Å². The number of nitrogens with one attached hydrogen (secondary N) is 2. The standard InChI is InChI=1S/C18H21FN4O/c1-18(2,19)17-20-8-7-15(23-17)22-12-5-3-11(4-6-12)16-14-9-13(24-16)10-21-14/h3-8,13-14,16,21H,9-10H2,1-2H3,(H,20,22,23)/t13-,14-,16+/m0/s1. The third kappa shape index (κ3) is 2.99. The van der Waals surface area contributed by atoms with Crippen molar-refractivity contribution >= 4 is 11.5 Å². The molecule has 5 nitrogen and oxygen atoms in total. The van der Waals surface area contributed by atoms with Crippen molar-refractivity contribution in [1.29, 1.82) is 0 Å². The summed E-state index contributed by atoms with van der Waals surface area (Å²) in [6.45, 7) is 3.86. The lowest BCUT2D eigenvalue weighted by Crippen LogP contribution is -2.33. The summed E-state index contributed by atoms with van der Waals surface area (Å²) in [7, 11) is 0. The first kappa shape index (κ1) is 15.5. The van der Waals surface area contributed by atoms with Crippen molar-refractivity contribution in [2.45, 2.75) is 44.2 Å². The van der Waals surface area contributed by atoms with Crippen LogP contribution in [0.5, 0.6) is 0 Å². The number of morpholine rings is 1. The molecule has 2 saturated heterocycles. The van der Waals surface area contributed by atoms with Gasteiger partial charge >= 0.3 is 0 Å². The zero-order chi connectivity index (χ0) is 16.7. The van der Waals surface area contributed by atoms with Crippen LogP contribution in [-0.4, -0.2) is 28.7 Å². The molecule has 6 heteroatoms. The summed E-state index contributed by atoms with van der Waals surface area (Å²) in [5.74, 6) is 0.752. The predicted octanol–water partition coefficient (Wildman–Crippen LogP) is 3.23. The second-order valence-electron chi connectivity index (χ2n) is 6.91. The highest BCUT2D eigenvalue weighted by Crippen LogP contribution is 2.37. The van der Waals surface area contributed by atoms with Gasteiger partial charge < -0.3 is 15.4 Å². The van der Waals surface area contributed by atoms with E-state index in [-0.39, 0.29) is 11.9 Å². The molecule has 3 heterocycles. The molecule has 2 N–H and O–H groups in total. The van der Waals surface area contributed by atoms with E-state index in [1.165, 1.54) is 19.4 Å². The van der Waals surface area contributed by atoms with Gasteiger partial charge in [0.2, 0.25) is 0 Å². The van der Waals surface area contributed by atoms with Gasteiger partial charge in [0.1, 0.15) is 5.82 Å². The van der Waals surface area contributed by atoms with Crippen LogP contribution in [0.3, 0.4) is 0 Å². The second-order valence-corrected chi connectivity index (χ2v) is 6.91. The molecule has 2 aromatic rings. The van der Waals surface area contributed by atoms with Crippen molar-refractivity contribution in [3.63, 3.8) is 0 Å². The third-order valence-electron chi connectivity index (χ3n) is 4.53. The monoisotopic (exact) mass is 328 g/mol. The topological polar surface area (TPSA) is 59.1 Å². The molecule has 0 spiro atoms. The Morgan fingerprint density at radius 3 is 2.67 bits per heavy atom. The van der Waals surface area contributed by atoms with Crippen LogP contribution in [0.15, 0.2) is 36.5 Å². The van der Waals surface area contributed by atoms with Crippen molar-refractivity contribution < 1.29 is 9.13 Å². The normalized spacial score (nSPS) is 25.9. The van der Waals surface area contributed by atoms with Gasteiger partial charge in [-0.15, -0.1) is 0 Å². The largest absolute Gasteiger partial charge is 0.367 e. The lowest BCUT2D eigenvalue weighted by molar-refractivity contribution is 0.0160. The number of alkyl halides is 1. The van der Waals surface area contributed by atoms with Crippen LogP contribution in [0.2, 0.25) is 0 Å². The van der Waals surface area contributed by atoms with E-state index in [1.807, 2.05) is 12.1 Å². The first-order chi connectivity index (χ1) is 11.5. The lowest BCUT2D eigenvalue weighted by atomic mass is 10.0. The first-order valence-corrected chi connectivity index (χ1v) is 8.27. The number of fused-ring (bicyclic) bond motifs is 2. The van der Waals surface area contributed by atoms with E-state index in [9.17, 15) is 4.39 Å². The number of hydrogen-bond acceptors (Lipinski definition) is 5. The van der Waals surface area contributed by atoms with Gasteiger partial charge in [-0.2, -0.15) is 0 Å². The Labute approximate surface area is 140 Å². The van der Waals surface area contributed by atoms with E-state index in [2.05, 4.69) is 32.7 Å². The van der Waals surface area contributed by atoms with Gasteiger partial charge in [-0.25, -0.2) is 14.4 Å². The molecule has 1 aromatic carbocycles. The average Bonchev–Trinajstić information content (AvgIpc) is 3.18. The van der Waals surface area contributed by atoms with Gasteiger partial charge in [0.25, 0.3) is 0 Å². The molecule has 2 bridgehead atoms. The molecule has 0 saturated carbocycles. The number of hydrogen-bond donors (Lipinski definition) is 2. The molecule has 2 aliphatic heterocycles. The highest BCUT2D eigenvalue weighted by molar-refractivity contribution is 5.56. The molecular formula is C18H21FN4O. The Hall–Kier alpha value is -2.05. The number of ether oxygens (including phenoxy) is 1. The molecule has 3 atom stereocenters. The fourth-order valence-corrected chi connectivity index (χ4v) is 3.30. The summed E-state index contributed by atoms with van der Waals surface area (Å²) in [5, 5.41) is 6.68. The van der Waals surface area contributed by atoms with Crippen molar-refractivity contribution in [3.8, 4) is 0 Å². The van der Waals surface area contributed by atoms with Crippen LogP contribution in [0.25, 0.3) is 0 Å². The summed E-state index contributed by atoms with van der Waals surface area (Å²) >= 11 is 0. The van der Waals surface area contributed by atoms with Crippen molar-refractivity contribution in [2.24, 2.45) is 0 Å². The fourth-order valence-electron chi connectivity index (χ4n) is 3.30. The minimum Gasteiger partial charge on any atom is -0.367 e. The molecule has 0 unspecified atom stereocenters. The number of halogens is 1. The minimum absolute atomic E-state index is 0.135. The summed E-state index contributed by atoms with van der Waals surface area (Å²) < 4.78 is 20.0. The molecule has 0 amide bonds. The summed E-state index contributed by atoms with van der Waals surface area (Å²) in [5.41, 5.74) is 0.512. The summed E-state index contributed by atoms with van der Waals surface area (Å²) in [4.78, 5) is 8.23. The Morgan fingerprint density at radius 2 is 2.04 bits per heavy atom. The SMILES string of the molecule is CC(C)(F)c1nccc(Nc2ccc([C@H]3O[C@@H]4CN[C@H]3C4)cc2)n1. The first-order valence-electron chi connectivity index (χ1n) is 8.27. The highest BCUT2D eigenvalue weighted by atomic mass is 19.1. The molecule has 126 valence electrons. The maximum Gasteiger partial charge on any atom is 0.167 e. The summed E-state index contributed by atoms with van der Waals surface area (Å²) in [6.07, 6.45) is 3.14. The second kappa shape index (κ2) is 5.79. The van der Waals surface area contributed by atoms with Crippen LogP contribution in [0, 0.1) is 0 Å². The van der Waals surface area contributed by atoms with Crippen LogP contribution in [0.1, 0.15) is 37.8 Å². The molecule has 0 radical (unpaired) electrons. The van der Waals surface area contributed by atoms with E-state index in [0.29, 0.717) is 18.0 Å². The zero-order valence-corrected chi connectivity index (χ0v) is 13.8. The van der Waals surface area contributed by atoms with Gasteiger partial charge in [-0.05, 0) is 44.0 Å². The molecule has 4 rings (SSSR count). The maximum atomic E-state index is 14.0. The Balaban J connectivity index is 1.48. The molecule has 24 heavy (non-hydrogen) atoms. The molecule has 2 fully saturated rings. The lowest BCUT2D eigenvalue weighted by Gasteiger charge is -2.23. The predicted molar refractivity (Wildman–Crippen MR) is 89.9 cm³/mol. The highest BCUT2D eigenvalue weighted by Gasteiger charge is 2.41. The molecule has 1 aromatic heterocycles. The van der Waals surface area contributed by atoms with Gasteiger partial charge in [-0.1, -0.05) is 12.1 Å². The number of benzene rings is 1. The molecular weight excluding hydrogens is 307 g/mol. The Morgan fingerprint density at radius 1 is 1.25 bits per heavy atom. The number of anilines is 2. The van der Waals surface area contributed by atoms with E-state index in [0.717, 1.165) is 18.7 Å². The van der Waals surface area contributed by atoms with E-state index in [1.54, 1.807) is 12.3 Å². The van der Waals surface area contributed by atoms with Gasteiger partial charge in [0.05, 0.1) is 12.2 Å². The number of aromatic nitrogens is 2. The maximum absolute atomic E-state index is 14.0. The van der Waals surface area contributed by atoms with E-state index >= 15 is 0 Å². The number of nitrogens with zero attached hydrogens (tertiary/aromatic N) is 2. The third-order valence-corrected chi connectivity index (χ3v) is 4.53. The van der Waals surface area contributed by atoms with Crippen molar-refractivity contribution in [1.82, 2.24) is 15.3 Å². The smallest absolute Gasteiger partial charge is 0.167 e. The number of rotatable bonds is 4. The molecule has 0 aliphatic carbocycles. The van der Waals surface area contributed by atoms with Gasteiger partial charge in [0.15, 0.2) is 11.5 Å². The molecule has 2 aliphatic rings. The Kier molecular flexibility index (Phi) is 3.73. The fraction of sp³-hybridized carbons (Fsp3) is 0.444. The van der Waals surface area contributed by atoms with Crippen molar-refractivity contribution in [2.75, 3.05) is 11.9 Å². The van der Waals surface area contributed by atoms with Crippen LogP contribution in [-0.2, 0) is 10.4 Å². The zero-order valence-electron chi connectivity index (χ0n) is 13.8. The van der Waals surface area contributed by atoms with Gasteiger partial charge in [-0.3, -0.25) is 0 Å². The van der Waals surface area contributed by atoms with E-state index < -0.39 is 5.67 Å². The average molecular weight is 328 g/mol. The van der Waals surface area contributed by atoms with Gasteiger partial charge in [0, 0.05) is 24.5 Å². The summed E-state index contributed by atoms with van der Waals surface area (Å²) in [6, 6.07) is 10.3. The Bertz CT molecular complexity index is 729. The minimum atomic E-state index is -1.56.